The van der Waals surface area contributed by atoms with Gasteiger partial charge in [-0.3, -0.25) is 9.69 Å². The summed E-state index contributed by atoms with van der Waals surface area (Å²) in [6.07, 6.45) is 1.04. The Kier molecular flexibility index (Phi) is 4.35. The van der Waals surface area contributed by atoms with Crippen molar-refractivity contribution in [3.05, 3.63) is 0 Å². The Morgan fingerprint density at radius 2 is 2.43 bits per heavy atom. The second kappa shape index (κ2) is 5.32. The number of carbonyl (C=O) groups excluding carboxylic acids is 1. The van der Waals surface area contributed by atoms with Crippen molar-refractivity contribution in [3.8, 4) is 0 Å². The molecular formula is C10H21N3O. The molecule has 1 aliphatic rings. The van der Waals surface area contributed by atoms with E-state index in [1.165, 1.54) is 0 Å². The summed E-state index contributed by atoms with van der Waals surface area (Å²) in [5.41, 5.74) is 5.58. The number of carbonyl (C=O) groups is 1. The predicted octanol–water partition coefficient (Wildman–Crippen LogP) is -0.208. The standard InChI is InChI=1S/C10H21N3O/c1-8(6-11)7-13-5-3-4-12-10(14)9(13)2/h8-9H,3-7,11H2,1-2H3,(H,12,14). The van der Waals surface area contributed by atoms with Crippen LogP contribution in [0.1, 0.15) is 20.3 Å². The molecule has 0 bridgehead atoms. The third-order valence-electron chi connectivity index (χ3n) is 2.80. The average molecular weight is 199 g/mol. The summed E-state index contributed by atoms with van der Waals surface area (Å²) in [5.74, 6) is 0.607. The molecule has 0 aromatic heterocycles. The van der Waals surface area contributed by atoms with Crippen LogP contribution in [-0.4, -0.2) is 43.0 Å². The summed E-state index contributed by atoms with van der Waals surface area (Å²) in [6, 6.07) is -0.00787. The summed E-state index contributed by atoms with van der Waals surface area (Å²) in [4.78, 5) is 13.7. The SMILES string of the molecule is CC(CN)CN1CCCNC(=O)C1C. The van der Waals surface area contributed by atoms with Gasteiger partial charge in [0, 0.05) is 19.6 Å². The summed E-state index contributed by atoms with van der Waals surface area (Å²) >= 11 is 0. The molecule has 82 valence electrons. The maximum absolute atomic E-state index is 11.5. The van der Waals surface area contributed by atoms with Crippen LogP contribution in [0.2, 0.25) is 0 Å². The highest BCUT2D eigenvalue weighted by Crippen LogP contribution is 2.07. The molecule has 1 saturated heterocycles. The lowest BCUT2D eigenvalue weighted by atomic mass is 10.1. The maximum atomic E-state index is 11.5. The zero-order chi connectivity index (χ0) is 10.6. The molecule has 0 saturated carbocycles. The molecule has 1 heterocycles. The van der Waals surface area contributed by atoms with Crippen molar-refractivity contribution in [1.29, 1.82) is 0 Å². The van der Waals surface area contributed by atoms with Crippen molar-refractivity contribution >= 4 is 5.91 Å². The number of nitrogens with one attached hydrogen (secondary N) is 1. The van der Waals surface area contributed by atoms with E-state index >= 15 is 0 Å². The van der Waals surface area contributed by atoms with Crippen LogP contribution in [0.25, 0.3) is 0 Å². The first-order valence-electron chi connectivity index (χ1n) is 5.37. The van der Waals surface area contributed by atoms with Gasteiger partial charge in [-0.1, -0.05) is 6.92 Å². The zero-order valence-corrected chi connectivity index (χ0v) is 9.12. The Hall–Kier alpha value is -0.610. The number of nitrogens with two attached hydrogens (primary N) is 1. The molecule has 1 fully saturated rings. The van der Waals surface area contributed by atoms with Crippen LogP contribution in [0.15, 0.2) is 0 Å². The molecule has 1 aliphatic heterocycles. The first kappa shape index (κ1) is 11.5. The van der Waals surface area contributed by atoms with E-state index in [9.17, 15) is 4.79 Å². The number of amides is 1. The molecule has 2 atom stereocenters. The Balaban J connectivity index is 2.51. The summed E-state index contributed by atoms with van der Waals surface area (Å²) in [6.45, 7) is 7.48. The smallest absolute Gasteiger partial charge is 0.237 e. The van der Waals surface area contributed by atoms with E-state index in [0.717, 1.165) is 26.1 Å². The number of hydrogen-bond donors (Lipinski definition) is 2. The Morgan fingerprint density at radius 3 is 3.07 bits per heavy atom. The molecule has 0 spiro atoms. The topological polar surface area (TPSA) is 58.4 Å². The van der Waals surface area contributed by atoms with Gasteiger partial charge in [0.2, 0.25) is 5.91 Å². The van der Waals surface area contributed by atoms with Gasteiger partial charge in [-0.2, -0.15) is 0 Å². The summed E-state index contributed by atoms with van der Waals surface area (Å²) in [7, 11) is 0. The fourth-order valence-electron chi connectivity index (χ4n) is 1.73. The molecule has 0 aromatic carbocycles. The Morgan fingerprint density at radius 1 is 1.71 bits per heavy atom. The molecular weight excluding hydrogens is 178 g/mol. The molecule has 0 aromatic rings. The van der Waals surface area contributed by atoms with Gasteiger partial charge in [-0.15, -0.1) is 0 Å². The van der Waals surface area contributed by atoms with Gasteiger partial charge < -0.3 is 11.1 Å². The minimum Gasteiger partial charge on any atom is -0.355 e. The lowest BCUT2D eigenvalue weighted by molar-refractivity contribution is -0.125. The van der Waals surface area contributed by atoms with E-state index in [4.69, 9.17) is 5.73 Å². The van der Waals surface area contributed by atoms with Gasteiger partial charge in [0.25, 0.3) is 0 Å². The van der Waals surface area contributed by atoms with Gasteiger partial charge in [0.15, 0.2) is 0 Å². The molecule has 4 nitrogen and oxygen atoms in total. The first-order chi connectivity index (χ1) is 6.65. The normalized spacial score (nSPS) is 26.8. The average Bonchev–Trinajstić information content (AvgIpc) is 2.33. The van der Waals surface area contributed by atoms with Crippen LogP contribution in [-0.2, 0) is 4.79 Å². The second-order valence-electron chi connectivity index (χ2n) is 4.16. The van der Waals surface area contributed by atoms with E-state index < -0.39 is 0 Å². The molecule has 1 rings (SSSR count). The van der Waals surface area contributed by atoms with Crippen molar-refractivity contribution in [1.82, 2.24) is 10.2 Å². The van der Waals surface area contributed by atoms with Crippen LogP contribution in [0.3, 0.4) is 0 Å². The Bertz CT molecular complexity index is 196. The van der Waals surface area contributed by atoms with Gasteiger partial charge >= 0.3 is 0 Å². The molecule has 3 N–H and O–H groups in total. The van der Waals surface area contributed by atoms with Crippen molar-refractivity contribution in [2.75, 3.05) is 26.2 Å². The van der Waals surface area contributed by atoms with E-state index in [-0.39, 0.29) is 11.9 Å². The number of rotatable bonds is 3. The van der Waals surface area contributed by atoms with Gasteiger partial charge in [-0.05, 0) is 25.8 Å². The van der Waals surface area contributed by atoms with Gasteiger partial charge in [0.1, 0.15) is 0 Å². The molecule has 0 radical (unpaired) electrons. The lowest BCUT2D eigenvalue weighted by Crippen LogP contribution is -2.44. The van der Waals surface area contributed by atoms with E-state index in [1.807, 2.05) is 6.92 Å². The monoisotopic (exact) mass is 199 g/mol. The minimum atomic E-state index is -0.00787. The first-order valence-corrected chi connectivity index (χ1v) is 5.37. The van der Waals surface area contributed by atoms with Crippen LogP contribution in [0.4, 0.5) is 0 Å². The maximum Gasteiger partial charge on any atom is 0.237 e. The highest BCUT2D eigenvalue weighted by Gasteiger charge is 2.24. The quantitative estimate of drug-likeness (QED) is 0.661. The van der Waals surface area contributed by atoms with Gasteiger partial charge in [0.05, 0.1) is 6.04 Å². The molecule has 1 amide bonds. The summed E-state index contributed by atoms with van der Waals surface area (Å²) in [5, 5.41) is 2.90. The third kappa shape index (κ3) is 2.96. The Labute approximate surface area is 85.8 Å². The molecule has 4 heteroatoms. The van der Waals surface area contributed by atoms with E-state index in [2.05, 4.69) is 17.1 Å². The van der Waals surface area contributed by atoms with Crippen molar-refractivity contribution < 1.29 is 4.79 Å². The fourth-order valence-corrected chi connectivity index (χ4v) is 1.73. The highest BCUT2D eigenvalue weighted by atomic mass is 16.2. The number of nitrogens with zero attached hydrogens (tertiary/aromatic N) is 1. The van der Waals surface area contributed by atoms with Crippen molar-refractivity contribution in [3.63, 3.8) is 0 Å². The van der Waals surface area contributed by atoms with Crippen LogP contribution in [0, 0.1) is 5.92 Å². The zero-order valence-electron chi connectivity index (χ0n) is 9.12. The van der Waals surface area contributed by atoms with Crippen LogP contribution in [0.5, 0.6) is 0 Å². The van der Waals surface area contributed by atoms with Crippen LogP contribution >= 0.6 is 0 Å². The third-order valence-corrected chi connectivity index (χ3v) is 2.80. The minimum absolute atomic E-state index is 0.00787. The predicted molar refractivity (Wildman–Crippen MR) is 56.9 cm³/mol. The van der Waals surface area contributed by atoms with E-state index in [0.29, 0.717) is 12.5 Å². The van der Waals surface area contributed by atoms with Crippen molar-refractivity contribution in [2.45, 2.75) is 26.3 Å². The second-order valence-corrected chi connectivity index (χ2v) is 4.16. The fraction of sp³-hybridized carbons (Fsp3) is 0.900. The largest absolute Gasteiger partial charge is 0.355 e. The summed E-state index contributed by atoms with van der Waals surface area (Å²) < 4.78 is 0. The highest BCUT2D eigenvalue weighted by molar-refractivity contribution is 5.81. The lowest BCUT2D eigenvalue weighted by Gasteiger charge is -2.27. The van der Waals surface area contributed by atoms with Crippen LogP contribution < -0.4 is 11.1 Å². The van der Waals surface area contributed by atoms with E-state index in [1.54, 1.807) is 0 Å². The molecule has 0 aliphatic carbocycles. The molecule has 2 unspecified atom stereocenters. The number of hydrogen-bond acceptors (Lipinski definition) is 3. The van der Waals surface area contributed by atoms with Gasteiger partial charge in [-0.25, -0.2) is 0 Å². The molecule has 14 heavy (non-hydrogen) atoms. The van der Waals surface area contributed by atoms with Crippen molar-refractivity contribution in [2.24, 2.45) is 11.7 Å².